The van der Waals surface area contributed by atoms with Crippen molar-refractivity contribution in [3.05, 3.63) is 90.1 Å². The van der Waals surface area contributed by atoms with E-state index < -0.39 is 11.6 Å². The van der Waals surface area contributed by atoms with Crippen LogP contribution in [-0.4, -0.2) is 73.1 Å². The summed E-state index contributed by atoms with van der Waals surface area (Å²) in [5, 5.41) is 10.5. The first-order valence-electron chi connectivity index (χ1n) is 18.7. The number of aryl methyl sites for hydroxylation is 1. The lowest BCUT2D eigenvalue weighted by Crippen LogP contribution is -2.52. The van der Waals surface area contributed by atoms with Crippen LogP contribution in [-0.2, 0) is 9.59 Å². The van der Waals surface area contributed by atoms with Crippen LogP contribution in [0.2, 0.25) is 0 Å². The largest absolute Gasteiger partial charge is 0.369 e. The van der Waals surface area contributed by atoms with Crippen LogP contribution in [0.25, 0.3) is 16.9 Å². The van der Waals surface area contributed by atoms with Gasteiger partial charge in [-0.05, 0) is 94.2 Å². The molecule has 2 saturated heterocycles. The Balaban J connectivity index is 0.811. The van der Waals surface area contributed by atoms with Gasteiger partial charge in [0.15, 0.2) is 11.5 Å². The van der Waals surface area contributed by atoms with E-state index in [-0.39, 0.29) is 23.3 Å². The molecular formula is C40H45F2N9O2. The number of carbonyl (C=O) groups excluding carboxylic acids is 2. The predicted molar refractivity (Wildman–Crippen MR) is 199 cm³/mol. The van der Waals surface area contributed by atoms with Gasteiger partial charge in [-0.2, -0.15) is 5.10 Å². The highest BCUT2D eigenvalue weighted by Crippen LogP contribution is 2.35. The zero-order valence-corrected chi connectivity index (χ0v) is 30.1. The lowest BCUT2D eigenvalue weighted by Gasteiger charge is -2.42. The summed E-state index contributed by atoms with van der Waals surface area (Å²) in [7, 11) is 0. The Hall–Kier alpha value is -5.17. The second-order valence-corrected chi connectivity index (χ2v) is 14.9. The van der Waals surface area contributed by atoms with E-state index in [0.717, 1.165) is 56.3 Å². The van der Waals surface area contributed by atoms with Crippen LogP contribution in [0.5, 0.6) is 0 Å². The molecule has 53 heavy (non-hydrogen) atoms. The van der Waals surface area contributed by atoms with E-state index in [1.165, 1.54) is 31.0 Å². The summed E-state index contributed by atoms with van der Waals surface area (Å²) in [6.07, 6.45) is 15.5. The molecule has 8 rings (SSSR count). The average molecular weight is 722 g/mol. The number of hydrogen-bond donors (Lipinski definition) is 2. The molecule has 2 atom stereocenters. The molecule has 0 spiro atoms. The van der Waals surface area contributed by atoms with E-state index in [1.807, 2.05) is 18.3 Å². The molecule has 5 aromatic rings. The summed E-state index contributed by atoms with van der Waals surface area (Å²) in [4.78, 5) is 37.9. The van der Waals surface area contributed by atoms with Gasteiger partial charge in [-0.15, -0.1) is 0 Å². The minimum absolute atomic E-state index is 0.183. The fourth-order valence-corrected chi connectivity index (χ4v) is 8.34. The summed E-state index contributed by atoms with van der Waals surface area (Å²) in [5.41, 5.74) is 4.60. The first kappa shape index (κ1) is 34.9. The summed E-state index contributed by atoms with van der Waals surface area (Å²) in [6, 6.07) is 11.5. The molecule has 2 unspecified atom stereocenters. The number of amides is 2. The van der Waals surface area contributed by atoms with E-state index >= 15 is 0 Å². The zero-order chi connectivity index (χ0) is 36.6. The SMILES string of the molecule is Cc1cc(-c2cnc(Nc3cnn(C4CCC(CCN5CCN(c6ccc(C7CCC(=O)NC7=O)cc6)CC5C)CC4)c3)c3nccn23)c(F)cc1F. The standard InChI is InChI=1S/C40H45F2N9O2/c1-25-19-33(35(42)20-34(25)41)36-22-44-38(39-43-14-16-50(36)39)46-29-21-45-51(24-29)31-7-3-27(4-8-31)13-15-48-17-18-49(23-26(48)2)30-9-5-28(6-10-30)32-11-12-37(52)47-40(32)53/h5-6,9-10,14,16,19-22,24,26-27,31-32H,3-4,7-8,11-13,15,17-18,23H2,1-2H3,(H,44,46)(H,47,52,53). The highest BCUT2D eigenvalue weighted by atomic mass is 19.1. The van der Waals surface area contributed by atoms with Gasteiger partial charge in [0.2, 0.25) is 11.8 Å². The number of piperidine rings is 1. The summed E-state index contributed by atoms with van der Waals surface area (Å²) < 4.78 is 32.5. The zero-order valence-electron chi connectivity index (χ0n) is 30.1. The topological polar surface area (TPSA) is 113 Å². The van der Waals surface area contributed by atoms with Gasteiger partial charge in [-0.1, -0.05) is 12.1 Å². The normalized spacial score (nSPS) is 22.7. The average Bonchev–Trinajstić information content (AvgIpc) is 3.84. The first-order valence-corrected chi connectivity index (χ1v) is 18.7. The summed E-state index contributed by atoms with van der Waals surface area (Å²) in [6.45, 7) is 8.01. The summed E-state index contributed by atoms with van der Waals surface area (Å²) >= 11 is 0. The third-order valence-electron chi connectivity index (χ3n) is 11.5. The molecule has 276 valence electrons. The highest BCUT2D eigenvalue weighted by molar-refractivity contribution is 6.01. The highest BCUT2D eigenvalue weighted by Gasteiger charge is 2.30. The van der Waals surface area contributed by atoms with Crippen molar-refractivity contribution in [3.8, 4) is 11.3 Å². The molecular weight excluding hydrogens is 676 g/mol. The number of benzene rings is 2. The fourth-order valence-electron chi connectivity index (χ4n) is 8.34. The number of rotatable bonds is 9. The maximum absolute atomic E-state index is 14.7. The molecule has 0 radical (unpaired) electrons. The molecule has 11 nitrogen and oxygen atoms in total. The monoisotopic (exact) mass is 721 g/mol. The minimum Gasteiger partial charge on any atom is -0.369 e. The lowest BCUT2D eigenvalue weighted by molar-refractivity contribution is -0.134. The molecule has 13 heteroatoms. The predicted octanol–water partition coefficient (Wildman–Crippen LogP) is 6.78. The molecule has 0 bridgehead atoms. The van der Waals surface area contributed by atoms with Crippen molar-refractivity contribution in [2.45, 2.75) is 76.8 Å². The van der Waals surface area contributed by atoms with Crippen molar-refractivity contribution in [3.63, 3.8) is 0 Å². The number of hydrogen-bond acceptors (Lipinski definition) is 8. The van der Waals surface area contributed by atoms with Crippen molar-refractivity contribution >= 4 is 34.7 Å². The van der Waals surface area contributed by atoms with Gasteiger partial charge in [0.05, 0.1) is 35.7 Å². The van der Waals surface area contributed by atoms with E-state index in [0.29, 0.717) is 53.6 Å². The number of nitrogens with zero attached hydrogens (tertiary/aromatic N) is 7. The van der Waals surface area contributed by atoms with Gasteiger partial charge >= 0.3 is 0 Å². The number of nitrogens with one attached hydrogen (secondary N) is 2. The summed E-state index contributed by atoms with van der Waals surface area (Å²) in [5.74, 6) is -0.628. The Morgan fingerprint density at radius 1 is 0.962 bits per heavy atom. The quantitative estimate of drug-likeness (QED) is 0.160. The van der Waals surface area contributed by atoms with Crippen LogP contribution in [0, 0.1) is 24.5 Å². The number of carbonyl (C=O) groups is 2. The number of imide groups is 1. The van der Waals surface area contributed by atoms with Crippen LogP contribution in [0.4, 0.5) is 26.0 Å². The molecule has 2 aliphatic heterocycles. The van der Waals surface area contributed by atoms with Crippen molar-refractivity contribution in [2.24, 2.45) is 5.92 Å². The molecule has 3 aliphatic rings. The molecule has 3 fully saturated rings. The van der Waals surface area contributed by atoms with Crippen LogP contribution in [0.3, 0.4) is 0 Å². The van der Waals surface area contributed by atoms with Gasteiger partial charge < -0.3 is 10.2 Å². The Kier molecular flexibility index (Phi) is 9.67. The van der Waals surface area contributed by atoms with E-state index in [2.05, 4.69) is 54.1 Å². The molecule has 3 aromatic heterocycles. The Morgan fingerprint density at radius 2 is 1.77 bits per heavy atom. The lowest BCUT2D eigenvalue weighted by atomic mass is 9.84. The number of aromatic nitrogens is 5. The second kappa shape index (κ2) is 14.7. The van der Waals surface area contributed by atoms with E-state index in [9.17, 15) is 18.4 Å². The molecule has 2 N–H and O–H groups in total. The first-order chi connectivity index (χ1) is 25.7. The maximum Gasteiger partial charge on any atom is 0.234 e. The third kappa shape index (κ3) is 7.26. The number of halogens is 2. The van der Waals surface area contributed by atoms with Gasteiger partial charge in [0.25, 0.3) is 0 Å². The maximum atomic E-state index is 14.7. The minimum atomic E-state index is -0.649. The van der Waals surface area contributed by atoms with Crippen molar-refractivity contribution in [1.82, 2.24) is 34.4 Å². The van der Waals surface area contributed by atoms with Crippen LogP contribution < -0.4 is 15.5 Å². The molecule has 2 aromatic carbocycles. The van der Waals surface area contributed by atoms with Crippen molar-refractivity contribution < 1.29 is 18.4 Å². The van der Waals surface area contributed by atoms with Crippen LogP contribution in [0.15, 0.2) is 67.4 Å². The second-order valence-electron chi connectivity index (χ2n) is 14.9. The fraction of sp³-hybridized carbons (Fsp3) is 0.425. The van der Waals surface area contributed by atoms with Gasteiger partial charge in [-0.25, -0.2) is 18.7 Å². The van der Waals surface area contributed by atoms with E-state index in [1.54, 1.807) is 36.1 Å². The van der Waals surface area contributed by atoms with Gasteiger partial charge in [0.1, 0.15) is 11.6 Å². The van der Waals surface area contributed by atoms with Crippen molar-refractivity contribution in [2.75, 3.05) is 36.4 Å². The third-order valence-corrected chi connectivity index (χ3v) is 11.5. The molecule has 1 saturated carbocycles. The number of fused-ring (bicyclic) bond motifs is 1. The molecule has 5 heterocycles. The van der Waals surface area contributed by atoms with Gasteiger partial charge in [-0.3, -0.25) is 28.9 Å². The van der Waals surface area contributed by atoms with Crippen LogP contribution >= 0.6 is 0 Å². The molecule has 1 aliphatic carbocycles. The van der Waals surface area contributed by atoms with Gasteiger partial charge in [0, 0.05) is 68.0 Å². The smallest absolute Gasteiger partial charge is 0.234 e. The number of piperazine rings is 1. The Bertz CT molecular complexity index is 2120. The van der Waals surface area contributed by atoms with Crippen LogP contribution in [0.1, 0.15) is 75.0 Å². The number of anilines is 3. The molecule has 2 amide bonds. The van der Waals surface area contributed by atoms with Crippen molar-refractivity contribution in [1.29, 1.82) is 0 Å². The number of imidazole rings is 1. The Labute approximate surface area is 307 Å². The Morgan fingerprint density at radius 3 is 2.55 bits per heavy atom. The van der Waals surface area contributed by atoms with E-state index in [4.69, 9.17) is 5.10 Å².